The number of aliphatic carboxylic acids is 1. The number of imide groups is 1. The lowest BCUT2D eigenvalue weighted by Gasteiger charge is -2.28. The van der Waals surface area contributed by atoms with Crippen molar-refractivity contribution in [1.29, 1.82) is 0 Å². The summed E-state index contributed by atoms with van der Waals surface area (Å²) in [5, 5.41) is 10.2. The van der Waals surface area contributed by atoms with Gasteiger partial charge in [-0.1, -0.05) is 0 Å². The summed E-state index contributed by atoms with van der Waals surface area (Å²) in [6.07, 6.45) is -0.0379. The standard InChI is InChI=1S/C13H11IN2O5/c14-9-3-1-8(2-4-9)13(21)15(7-12(19)20)16-10(17)5-6-11(16)18/h1-4H,5-7H2,(H,19,20)/i14+4. The zero-order valence-electron chi connectivity index (χ0n) is 10.8. The van der Waals surface area contributed by atoms with E-state index in [0.29, 0.717) is 10.0 Å². The normalized spacial score (nSPS) is 14.4. The Morgan fingerprint density at radius 2 is 1.67 bits per heavy atom. The average Bonchev–Trinajstić information content (AvgIpc) is 2.76. The third kappa shape index (κ3) is 3.38. The van der Waals surface area contributed by atoms with Gasteiger partial charge in [0, 0.05) is 22.0 Å². The molecule has 1 aliphatic rings. The number of rotatable bonds is 4. The van der Waals surface area contributed by atoms with Crippen LogP contribution in [0.1, 0.15) is 23.2 Å². The summed E-state index contributed by atoms with van der Waals surface area (Å²) in [6, 6.07) is 6.40. The molecule has 0 atom stereocenters. The van der Waals surface area contributed by atoms with Gasteiger partial charge in [-0.15, -0.1) is 0 Å². The number of carboxylic acids is 1. The molecule has 1 aromatic carbocycles. The molecular weight excluding hydrogens is 395 g/mol. The van der Waals surface area contributed by atoms with Crippen LogP contribution in [-0.4, -0.2) is 45.4 Å². The van der Waals surface area contributed by atoms with Gasteiger partial charge in [0.2, 0.25) is 11.8 Å². The van der Waals surface area contributed by atoms with Crippen LogP contribution in [0.15, 0.2) is 24.3 Å². The molecule has 0 bridgehead atoms. The molecule has 1 heterocycles. The van der Waals surface area contributed by atoms with Crippen molar-refractivity contribution in [2.75, 3.05) is 6.54 Å². The van der Waals surface area contributed by atoms with Gasteiger partial charge < -0.3 is 5.11 Å². The van der Waals surface area contributed by atoms with Crippen LogP contribution in [-0.2, 0) is 14.4 Å². The molecule has 1 N–H and O–H groups in total. The fraction of sp³-hybridized carbons (Fsp3) is 0.231. The molecule has 7 nitrogen and oxygen atoms in total. The number of hydrogen-bond acceptors (Lipinski definition) is 4. The maximum absolute atomic E-state index is 12.4. The lowest BCUT2D eigenvalue weighted by atomic mass is 10.2. The maximum Gasteiger partial charge on any atom is 0.325 e. The van der Waals surface area contributed by atoms with E-state index in [4.69, 9.17) is 5.11 Å². The zero-order chi connectivity index (χ0) is 15.6. The van der Waals surface area contributed by atoms with E-state index >= 15 is 0 Å². The van der Waals surface area contributed by atoms with Crippen LogP contribution in [0.3, 0.4) is 0 Å². The van der Waals surface area contributed by atoms with Crippen molar-refractivity contribution in [2.24, 2.45) is 0 Å². The Kier molecular flexibility index (Phi) is 4.56. The second-order valence-electron chi connectivity index (χ2n) is 4.36. The second-order valence-corrected chi connectivity index (χ2v) is 5.61. The predicted octanol–water partition coefficient (Wildman–Crippen LogP) is 0.882. The van der Waals surface area contributed by atoms with Gasteiger partial charge >= 0.3 is 5.97 Å². The number of halogens is 1. The van der Waals surface area contributed by atoms with Crippen molar-refractivity contribution in [3.63, 3.8) is 0 Å². The minimum atomic E-state index is -1.30. The van der Waals surface area contributed by atoms with E-state index in [-0.39, 0.29) is 18.4 Å². The SMILES string of the molecule is O=C(O)CN(C(=O)c1ccc([131I])cc1)N1C(=O)CCC1=O. The van der Waals surface area contributed by atoms with E-state index in [9.17, 15) is 19.2 Å². The molecule has 0 aromatic heterocycles. The van der Waals surface area contributed by atoms with E-state index in [1.54, 1.807) is 12.1 Å². The first-order chi connectivity index (χ1) is 9.90. The van der Waals surface area contributed by atoms with Gasteiger partial charge in [0.15, 0.2) is 0 Å². The number of nitrogens with zero attached hydrogens (tertiary/aromatic N) is 2. The third-order valence-electron chi connectivity index (χ3n) is 2.88. The van der Waals surface area contributed by atoms with Crippen molar-refractivity contribution in [2.45, 2.75) is 12.8 Å². The lowest BCUT2D eigenvalue weighted by Crippen LogP contribution is -2.51. The molecule has 1 aromatic rings. The Morgan fingerprint density at radius 1 is 1.14 bits per heavy atom. The Balaban J connectivity index is 2.33. The number of hydrogen-bond donors (Lipinski definition) is 1. The van der Waals surface area contributed by atoms with Crippen LogP contribution in [0.25, 0.3) is 0 Å². The summed E-state index contributed by atoms with van der Waals surface area (Å²) in [5.74, 6) is -3.14. The molecule has 2 rings (SSSR count). The van der Waals surface area contributed by atoms with Gasteiger partial charge in [-0.25, -0.2) is 5.01 Å². The molecule has 0 saturated carbocycles. The Bertz CT molecular complexity index is 597. The Labute approximate surface area is 133 Å². The summed E-state index contributed by atoms with van der Waals surface area (Å²) in [7, 11) is 0. The van der Waals surface area contributed by atoms with E-state index in [1.807, 2.05) is 0 Å². The first kappa shape index (κ1) is 15.4. The topological polar surface area (TPSA) is 95.0 Å². The van der Waals surface area contributed by atoms with Crippen LogP contribution in [0.4, 0.5) is 0 Å². The van der Waals surface area contributed by atoms with Gasteiger partial charge in [0.1, 0.15) is 6.54 Å². The van der Waals surface area contributed by atoms with Gasteiger partial charge in [-0.3, -0.25) is 19.2 Å². The number of amides is 3. The Morgan fingerprint density at radius 3 is 2.14 bits per heavy atom. The fourth-order valence-corrected chi connectivity index (χ4v) is 2.30. The van der Waals surface area contributed by atoms with Gasteiger partial charge in [0.25, 0.3) is 5.91 Å². The molecule has 0 radical (unpaired) electrons. The summed E-state index contributed by atoms with van der Waals surface area (Å²) in [4.78, 5) is 46.7. The summed E-state index contributed by atoms with van der Waals surface area (Å²) in [6.45, 7) is -0.748. The van der Waals surface area contributed by atoms with Crippen molar-refractivity contribution in [3.05, 3.63) is 33.4 Å². The van der Waals surface area contributed by atoms with Crippen LogP contribution in [0.5, 0.6) is 0 Å². The van der Waals surface area contributed by atoms with Crippen molar-refractivity contribution in [1.82, 2.24) is 10.0 Å². The predicted molar refractivity (Wildman–Crippen MR) is 78.9 cm³/mol. The monoisotopic (exact) mass is 406 g/mol. The van der Waals surface area contributed by atoms with Gasteiger partial charge in [-0.05, 0) is 46.9 Å². The highest BCUT2D eigenvalue weighted by molar-refractivity contribution is 14.1. The van der Waals surface area contributed by atoms with E-state index in [1.165, 1.54) is 12.1 Å². The largest absolute Gasteiger partial charge is 0.480 e. The summed E-state index contributed by atoms with van der Waals surface area (Å²) < 4.78 is 0.905. The summed E-state index contributed by atoms with van der Waals surface area (Å²) >= 11 is 2.06. The molecule has 3 amide bonds. The van der Waals surface area contributed by atoms with Gasteiger partial charge in [0.05, 0.1) is 0 Å². The zero-order valence-corrected chi connectivity index (χ0v) is 12.9. The molecular formula is C13H11IN2O5. The molecule has 21 heavy (non-hydrogen) atoms. The number of carbonyl (C=O) groups excluding carboxylic acids is 3. The van der Waals surface area contributed by atoms with Crippen LogP contribution in [0, 0.1) is 3.57 Å². The van der Waals surface area contributed by atoms with Gasteiger partial charge in [-0.2, -0.15) is 5.01 Å². The quantitative estimate of drug-likeness (QED) is 0.592. The molecule has 1 saturated heterocycles. The first-order valence-corrected chi connectivity index (χ1v) is 7.13. The van der Waals surface area contributed by atoms with Crippen LogP contribution >= 0.6 is 22.6 Å². The molecule has 0 spiro atoms. The minimum Gasteiger partial charge on any atom is -0.480 e. The third-order valence-corrected chi connectivity index (χ3v) is 3.60. The molecule has 1 aliphatic heterocycles. The molecule has 0 unspecified atom stereocenters. The van der Waals surface area contributed by atoms with Crippen LogP contribution in [0.2, 0.25) is 0 Å². The fourth-order valence-electron chi connectivity index (χ4n) is 1.94. The highest BCUT2D eigenvalue weighted by Gasteiger charge is 2.37. The Hall–Kier alpha value is -1.97. The molecule has 8 heteroatoms. The number of hydrazine groups is 1. The first-order valence-electron chi connectivity index (χ1n) is 6.05. The smallest absolute Gasteiger partial charge is 0.325 e. The van der Waals surface area contributed by atoms with Crippen molar-refractivity contribution in [3.8, 4) is 0 Å². The molecule has 1 fully saturated rings. The van der Waals surface area contributed by atoms with E-state index in [0.717, 1.165) is 3.57 Å². The highest BCUT2D eigenvalue weighted by Crippen LogP contribution is 2.18. The highest BCUT2D eigenvalue weighted by atomic mass is 131. The van der Waals surface area contributed by atoms with E-state index in [2.05, 4.69) is 22.6 Å². The number of carboxylic acid groups (broad SMARTS) is 1. The molecule has 0 aliphatic carbocycles. The summed E-state index contributed by atoms with van der Waals surface area (Å²) in [5.41, 5.74) is 0.212. The number of carbonyl (C=O) groups is 4. The lowest BCUT2D eigenvalue weighted by molar-refractivity contribution is -0.156. The number of benzene rings is 1. The maximum atomic E-state index is 12.4. The second kappa shape index (κ2) is 6.20. The van der Waals surface area contributed by atoms with Crippen LogP contribution < -0.4 is 0 Å². The van der Waals surface area contributed by atoms with Crippen molar-refractivity contribution < 1.29 is 24.3 Å². The minimum absolute atomic E-state index is 0.0189. The van der Waals surface area contributed by atoms with E-state index < -0.39 is 30.2 Å². The molecule has 110 valence electrons. The van der Waals surface area contributed by atoms with Crippen molar-refractivity contribution >= 4 is 46.3 Å². The average molecular weight is 406 g/mol.